The lowest BCUT2D eigenvalue weighted by molar-refractivity contribution is -0.120. The van der Waals surface area contributed by atoms with Gasteiger partial charge in [-0.25, -0.2) is 15.0 Å². The summed E-state index contributed by atoms with van der Waals surface area (Å²) in [5.74, 6) is 0.945. The van der Waals surface area contributed by atoms with Gasteiger partial charge in [0.1, 0.15) is 5.82 Å². The monoisotopic (exact) mass is 369 g/mol. The smallest absolute Gasteiger partial charge is 0.233 e. The van der Waals surface area contributed by atoms with Crippen molar-refractivity contribution in [1.82, 2.24) is 24.8 Å². The highest BCUT2D eigenvalue weighted by Crippen LogP contribution is 2.20. The molecule has 3 aromatic rings. The highest BCUT2D eigenvalue weighted by atomic mass is 32.2. The molecule has 26 heavy (non-hydrogen) atoms. The third kappa shape index (κ3) is 4.22. The molecule has 0 fully saturated rings. The molecule has 0 spiro atoms. The van der Waals surface area contributed by atoms with Crippen LogP contribution in [0.1, 0.15) is 24.1 Å². The molecule has 0 saturated carbocycles. The zero-order chi connectivity index (χ0) is 18.7. The van der Waals surface area contributed by atoms with E-state index in [0.717, 1.165) is 28.2 Å². The van der Waals surface area contributed by atoms with Crippen LogP contribution in [0.2, 0.25) is 0 Å². The Bertz CT molecular complexity index is 917. The van der Waals surface area contributed by atoms with E-state index in [1.807, 2.05) is 58.2 Å². The molecule has 0 saturated heterocycles. The number of aromatic nitrogens is 4. The molecule has 2 aromatic heterocycles. The molecular formula is C19H23N5OS. The first kappa shape index (κ1) is 18.4. The first-order valence-electron chi connectivity index (χ1n) is 8.61. The maximum Gasteiger partial charge on any atom is 0.233 e. The zero-order valence-electron chi connectivity index (χ0n) is 15.5. The topological polar surface area (TPSA) is 72.7 Å². The molecule has 0 aliphatic heterocycles. The van der Waals surface area contributed by atoms with Crippen molar-refractivity contribution in [3.05, 3.63) is 47.5 Å². The van der Waals surface area contributed by atoms with Gasteiger partial charge in [-0.05, 0) is 39.0 Å². The van der Waals surface area contributed by atoms with E-state index < -0.39 is 0 Å². The van der Waals surface area contributed by atoms with Crippen molar-refractivity contribution in [2.45, 2.75) is 37.6 Å². The van der Waals surface area contributed by atoms with Gasteiger partial charge in [-0.1, -0.05) is 23.9 Å². The fourth-order valence-corrected chi connectivity index (χ4v) is 3.72. The van der Waals surface area contributed by atoms with E-state index in [4.69, 9.17) is 0 Å². The Morgan fingerprint density at radius 1 is 1.19 bits per heavy atom. The molecule has 3 rings (SSSR count). The van der Waals surface area contributed by atoms with Gasteiger partial charge in [0.05, 0.1) is 16.3 Å². The summed E-state index contributed by atoms with van der Waals surface area (Å²) in [6.07, 6.45) is 0.689. The predicted molar refractivity (Wildman–Crippen MR) is 104 cm³/mol. The van der Waals surface area contributed by atoms with Gasteiger partial charge in [0.15, 0.2) is 5.16 Å². The molecule has 0 radical (unpaired) electrons. The summed E-state index contributed by atoms with van der Waals surface area (Å²) in [6, 6.07) is 9.96. The Labute approximate surface area is 157 Å². The van der Waals surface area contributed by atoms with Gasteiger partial charge >= 0.3 is 0 Å². The number of imidazole rings is 1. The minimum atomic E-state index is -0.253. The average molecular weight is 369 g/mol. The van der Waals surface area contributed by atoms with E-state index in [1.165, 1.54) is 11.8 Å². The minimum Gasteiger partial charge on any atom is -0.355 e. The lowest BCUT2D eigenvalue weighted by atomic mass is 10.3. The maximum atomic E-state index is 12.3. The van der Waals surface area contributed by atoms with E-state index >= 15 is 0 Å². The largest absolute Gasteiger partial charge is 0.355 e. The predicted octanol–water partition coefficient (Wildman–Crippen LogP) is 2.82. The lowest BCUT2D eigenvalue weighted by Gasteiger charge is -2.11. The zero-order valence-corrected chi connectivity index (χ0v) is 16.3. The van der Waals surface area contributed by atoms with Gasteiger partial charge in [0, 0.05) is 31.4 Å². The molecule has 6 nitrogen and oxygen atoms in total. The summed E-state index contributed by atoms with van der Waals surface area (Å²) in [4.78, 5) is 25.7. The standard InChI is InChI=1S/C19H23N5OS/c1-12-11-13(2)22-19(21-12)26-14(3)18(25)20-10-9-17-23-15-7-5-6-8-16(15)24(17)4/h5-8,11,14H,9-10H2,1-4H3,(H,20,25)/t14-/m1/s1. The van der Waals surface area contributed by atoms with Crippen molar-refractivity contribution < 1.29 is 4.79 Å². The van der Waals surface area contributed by atoms with Gasteiger partial charge < -0.3 is 9.88 Å². The van der Waals surface area contributed by atoms with Crippen molar-refractivity contribution >= 4 is 28.7 Å². The van der Waals surface area contributed by atoms with Crippen LogP contribution in [0.25, 0.3) is 11.0 Å². The fourth-order valence-electron chi connectivity index (χ4n) is 2.82. The number of para-hydroxylation sites is 2. The van der Waals surface area contributed by atoms with E-state index in [-0.39, 0.29) is 11.2 Å². The molecule has 1 N–H and O–H groups in total. The first-order valence-corrected chi connectivity index (χ1v) is 9.49. The second-order valence-electron chi connectivity index (χ2n) is 6.31. The van der Waals surface area contributed by atoms with Crippen molar-refractivity contribution in [1.29, 1.82) is 0 Å². The molecule has 2 heterocycles. The quantitative estimate of drug-likeness (QED) is 0.534. The van der Waals surface area contributed by atoms with E-state index in [0.29, 0.717) is 18.1 Å². The Morgan fingerprint density at radius 2 is 1.88 bits per heavy atom. The number of rotatable bonds is 6. The summed E-state index contributed by atoms with van der Waals surface area (Å²) >= 11 is 1.38. The number of hydrogen-bond donors (Lipinski definition) is 1. The molecule has 7 heteroatoms. The average Bonchev–Trinajstić information content (AvgIpc) is 2.90. The van der Waals surface area contributed by atoms with E-state index in [1.54, 1.807) is 0 Å². The first-order chi connectivity index (χ1) is 12.4. The van der Waals surface area contributed by atoms with Gasteiger partial charge in [-0.3, -0.25) is 4.79 Å². The normalized spacial score (nSPS) is 12.3. The SMILES string of the molecule is Cc1cc(C)nc(S[C@H](C)C(=O)NCCc2nc3ccccc3n2C)n1. The fraction of sp³-hybridized carbons (Fsp3) is 0.368. The van der Waals surface area contributed by atoms with E-state index in [9.17, 15) is 4.79 Å². The summed E-state index contributed by atoms with van der Waals surface area (Å²) in [7, 11) is 2.00. The number of carbonyl (C=O) groups excluding carboxylic acids is 1. The summed E-state index contributed by atoms with van der Waals surface area (Å²) in [5.41, 5.74) is 3.90. The number of thioether (sulfide) groups is 1. The van der Waals surface area contributed by atoms with Crippen LogP contribution in [0.15, 0.2) is 35.5 Å². The molecule has 136 valence electrons. The Kier molecular flexibility index (Phi) is 5.56. The maximum absolute atomic E-state index is 12.3. The Balaban J connectivity index is 1.55. The van der Waals surface area contributed by atoms with Crippen LogP contribution in [0.3, 0.4) is 0 Å². The summed E-state index contributed by atoms with van der Waals surface area (Å²) in [6.45, 7) is 6.28. The number of nitrogens with one attached hydrogen (secondary N) is 1. The third-order valence-corrected chi connectivity index (χ3v) is 5.10. The van der Waals surface area contributed by atoms with Crippen LogP contribution in [0.4, 0.5) is 0 Å². The molecule has 0 aliphatic carbocycles. The number of hydrogen-bond acceptors (Lipinski definition) is 5. The minimum absolute atomic E-state index is 0.0171. The third-order valence-electron chi connectivity index (χ3n) is 4.14. The van der Waals surface area contributed by atoms with Crippen LogP contribution in [-0.2, 0) is 18.3 Å². The molecule has 1 aromatic carbocycles. The molecule has 0 aliphatic rings. The van der Waals surface area contributed by atoms with Crippen molar-refractivity contribution in [2.24, 2.45) is 7.05 Å². The number of aryl methyl sites for hydroxylation is 3. The molecule has 1 atom stereocenters. The molecule has 1 amide bonds. The number of carbonyl (C=O) groups is 1. The van der Waals surface area contributed by atoms with E-state index in [2.05, 4.69) is 24.8 Å². The molecular weight excluding hydrogens is 346 g/mol. The van der Waals surface area contributed by atoms with Gasteiger partial charge in [-0.15, -0.1) is 0 Å². The Morgan fingerprint density at radius 3 is 2.58 bits per heavy atom. The number of fused-ring (bicyclic) bond motifs is 1. The lowest BCUT2D eigenvalue weighted by Crippen LogP contribution is -2.33. The highest BCUT2D eigenvalue weighted by Gasteiger charge is 2.16. The van der Waals surface area contributed by atoms with Crippen LogP contribution in [0, 0.1) is 13.8 Å². The van der Waals surface area contributed by atoms with Crippen LogP contribution in [-0.4, -0.2) is 37.2 Å². The van der Waals surface area contributed by atoms with Crippen molar-refractivity contribution in [3.8, 4) is 0 Å². The van der Waals surface area contributed by atoms with Crippen LogP contribution in [0.5, 0.6) is 0 Å². The van der Waals surface area contributed by atoms with Crippen LogP contribution < -0.4 is 5.32 Å². The van der Waals surface area contributed by atoms with Crippen molar-refractivity contribution in [2.75, 3.05) is 6.54 Å². The summed E-state index contributed by atoms with van der Waals surface area (Å²) < 4.78 is 2.07. The van der Waals surface area contributed by atoms with Gasteiger partial charge in [-0.2, -0.15) is 0 Å². The molecule has 0 unspecified atom stereocenters. The highest BCUT2D eigenvalue weighted by molar-refractivity contribution is 8.00. The van der Waals surface area contributed by atoms with Crippen LogP contribution >= 0.6 is 11.8 Å². The number of benzene rings is 1. The van der Waals surface area contributed by atoms with Crippen molar-refractivity contribution in [3.63, 3.8) is 0 Å². The second-order valence-corrected chi connectivity index (χ2v) is 7.62. The number of amides is 1. The van der Waals surface area contributed by atoms with Gasteiger partial charge in [0.25, 0.3) is 0 Å². The number of nitrogens with zero attached hydrogens (tertiary/aromatic N) is 4. The summed E-state index contributed by atoms with van der Waals surface area (Å²) in [5, 5.41) is 3.37. The molecule has 0 bridgehead atoms. The Hall–Kier alpha value is -2.41. The second kappa shape index (κ2) is 7.86. The van der Waals surface area contributed by atoms with Gasteiger partial charge in [0.2, 0.25) is 5.91 Å².